The predicted molar refractivity (Wildman–Crippen MR) is 131 cm³/mol. The number of nitrogens with zero attached hydrogens (tertiary/aromatic N) is 3. The van der Waals surface area contributed by atoms with Crippen molar-refractivity contribution in [2.45, 2.75) is 18.9 Å². The average molecular weight is 511 g/mol. The maximum Gasteiger partial charge on any atom is 0.251 e. The molecule has 4 aromatic rings. The van der Waals surface area contributed by atoms with Gasteiger partial charge in [-0.25, -0.2) is 13.8 Å². The minimum atomic E-state index is -1.24. The lowest BCUT2D eigenvalue weighted by atomic mass is 9.92. The minimum absolute atomic E-state index is 0.00876. The first-order valence-electron chi connectivity index (χ1n) is 11.1. The molecule has 1 aliphatic rings. The molecule has 0 radical (unpaired) electrons. The highest BCUT2D eigenvalue weighted by Crippen LogP contribution is 2.37. The highest BCUT2D eigenvalue weighted by Gasteiger charge is 2.45. The molecule has 0 aliphatic carbocycles. The highest BCUT2D eigenvalue weighted by molar-refractivity contribution is 6.30. The lowest BCUT2D eigenvalue weighted by Gasteiger charge is -2.20. The second-order valence-electron chi connectivity index (χ2n) is 8.58. The molecule has 2 amide bonds. The van der Waals surface area contributed by atoms with Crippen LogP contribution < -0.4 is 15.0 Å². The Bertz CT molecular complexity index is 1470. The fourth-order valence-corrected chi connectivity index (χ4v) is 4.71. The van der Waals surface area contributed by atoms with Crippen LogP contribution in [0.4, 0.5) is 14.5 Å². The largest absolute Gasteiger partial charge is 0.497 e. The van der Waals surface area contributed by atoms with Crippen molar-refractivity contribution < 1.29 is 23.1 Å². The van der Waals surface area contributed by atoms with Crippen LogP contribution in [0.3, 0.4) is 0 Å². The molecule has 184 valence electrons. The quantitative estimate of drug-likeness (QED) is 0.428. The molecule has 0 bridgehead atoms. The highest BCUT2D eigenvalue weighted by atomic mass is 35.5. The van der Waals surface area contributed by atoms with Crippen LogP contribution in [0.5, 0.6) is 5.75 Å². The maximum atomic E-state index is 15.2. The molecule has 1 fully saturated rings. The molecule has 2 aromatic heterocycles. The number of benzene rings is 2. The summed E-state index contributed by atoms with van der Waals surface area (Å²) in [4.78, 5) is 32.5. The van der Waals surface area contributed by atoms with Crippen LogP contribution in [0, 0.1) is 18.6 Å². The summed E-state index contributed by atoms with van der Waals surface area (Å²) in [7, 11) is 1.30. The van der Waals surface area contributed by atoms with Gasteiger partial charge in [-0.3, -0.25) is 9.59 Å². The number of fused-ring (bicyclic) bond motifs is 1. The van der Waals surface area contributed by atoms with E-state index in [0.717, 1.165) is 17.7 Å². The van der Waals surface area contributed by atoms with Crippen molar-refractivity contribution in [2.75, 3.05) is 18.6 Å². The fraction of sp³-hybridized carbons (Fsp3) is 0.192. The molecule has 1 saturated heterocycles. The van der Waals surface area contributed by atoms with Gasteiger partial charge in [0, 0.05) is 59.3 Å². The van der Waals surface area contributed by atoms with E-state index >= 15 is 8.78 Å². The van der Waals surface area contributed by atoms with Crippen molar-refractivity contribution in [1.29, 1.82) is 0 Å². The van der Waals surface area contributed by atoms with Gasteiger partial charge < -0.3 is 19.4 Å². The first-order chi connectivity index (χ1) is 17.3. The number of aryl methyl sites for hydroxylation is 1. The van der Waals surface area contributed by atoms with Gasteiger partial charge in [0.25, 0.3) is 5.91 Å². The number of hydrogen-bond acceptors (Lipinski definition) is 4. The zero-order valence-electron chi connectivity index (χ0n) is 19.3. The molecule has 3 heterocycles. The number of imidazole rings is 1. The van der Waals surface area contributed by atoms with Gasteiger partial charge in [-0.05, 0) is 42.8 Å². The number of halogens is 3. The van der Waals surface area contributed by atoms with Gasteiger partial charge in [0.15, 0.2) is 5.65 Å². The van der Waals surface area contributed by atoms with Gasteiger partial charge >= 0.3 is 0 Å². The van der Waals surface area contributed by atoms with Crippen LogP contribution in [0.1, 0.15) is 27.4 Å². The Kier molecular flexibility index (Phi) is 6.09. The number of amides is 2. The molecule has 0 saturated carbocycles. The monoisotopic (exact) mass is 510 g/mol. The zero-order valence-corrected chi connectivity index (χ0v) is 20.1. The van der Waals surface area contributed by atoms with Crippen molar-refractivity contribution in [1.82, 2.24) is 14.7 Å². The van der Waals surface area contributed by atoms with Gasteiger partial charge in [0.05, 0.1) is 12.8 Å². The van der Waals surface area contributed by atoms with Gasteiger partial charge in [-0.15, -0.1) is 0 Å². The second-order valence-corrected chi connectivity index (χ2v) is 9.02. The normalized spacial score (nSPS) is 17.6. The van der Waals surface area contributed by atoms with Crippen LogP contribution in [0.25, 0.3) is 5.65 Å². The number of ether oxygens (including phenoxy) is 1. The van der Waals surface area contributed by atoms with E-state index in [9.17, 15) is 9.59 Å². The lowest BCUT2D eigenvalue weighted by molar-refractivity contribution is -0.118. The van der Waals surface area contributed by atoms with Crippen molar-refractivity contribution in [3.8, 4) is 5.75 Å². The fourth-order valence-electron chi connectivity index (χ4n) is 4.58. The number of hydrogen-bond donors (Lipinski definition) is 1. The first-order valence-corrected chi connectivity index (χ1v) is 11.5. The molecule has 7 nitrogen and oxygen atoms in total. The van der Waals surface area contributed by atoms with Crippen LogP contribution in [-0.2, 0) is 4.79 Å². The summed E-state index contributed by atoms with van der Waals surface area (Å²) in [5.41, 5.74) is 1.79. The zero-order chi connectivity index (χ0) is 25.6. The number of aromatic nitrogens is 2. The average Bonchev–Trinajstić information content (AvgIpc) is 3.43. The number of nitrogens with one attached hydrogen (secondary N) is 1. The minimum Gasteiger partial charge on any atom is -0.497 e. The second kappa shape index (κ2) is 9.23. The summed E-state index contributed by atoms with van der Waals surface area (Å²) in [6.07, 6.45) is 5.19. The summed E-state index contributed by atoms with van der Waals surface area (Å²) in [6.45, 7) is 1.79. The first kappa shape index (κ1) is 23.7. The molecule has 2 atom stereocenters. The van der Waals surface area contributed by atoms with E-state index in [-0.39, 0.29) is 23.4 Å². The Balaban J connectivity index is 1.59. The molecular formula is C26H21ClF2N4O3. The molecule has 10 heteroatoms. The summed E-state index contributed by atoms with van der Waals surface area (Å²) < 4.78 is 37.0. The van der Waals surface area contributed by atoms with Crippen LogP contribution in [0.2, 0.25) is 5.02 Å². The van der Waals surface area contributed by atoms with E-state index < -0.39 is 35.4 Å². The number of anilines is 1. The molecule has 36 heavy (non-hydrogen) atoms. The van der Waals surface area contributed by atoms with Crippen molar-refractivity contribution in [2.24, 2.45) is 0 Å². The Morgan fingerprint density at radius 1 is 1.17 bits per heavy atom. The SMILES string of the molecule is COc1cc(F)c([C@@H]2CN(c3cc(C)cn4ccnc34)C(=O)[C@H]2NC(=O)c2ccc(Cl)cc2)c(F)c1. The number of carbonyl (C=O) groups is 2. The van der Waals surface area contributed by atoms with E-state index in [1.807, 2.05) is 13.1 Å². The van der Waals surface area contributed by atoms with E-state index in [1.54, 1.807) is 35.0 Å². The topological polar surface area (TPSA) is 75.9 Å². The van der Waals surface area contributed by atoms with Gasteiger partial charge in [0.1, 0.15) is 23.4 Å². The van der Waals surface area contributed by atoms with E-state index in [2.05, 4.69) is 10.3 Å². The smallest absolute Gasteiger partial charge is 0.251 e. The summed E-state index contributed by atoms with van der Waals surface area (Å²) >= 11 is 5.92. The molecule has 5 rings (SSSR count). The summed E-state index contributed by atoms with van der Waals surface area (Å²) in [5, 5.41) is 3.13. The molecule has 1 N–H and O–H groups in total. The molecule has 0 unspecified atom stereocenters. The van der Waals surface area contributed by atoms with E-state index in [4.69, 9.17) is 16.3 Å². The number of pyridine rings is 1. The predicted octanol–water partition coefficient (Wildman–Crippen LogP) is 4.51. The van der Waals surface area contributed by atoms with Crippen molar-refractivity contribution in [3.63, 3.8) is 0 Å². The third-order valence-corrected chi connectivity index (χ3v) is 6.51. The van der Waals surface area contributed by atoms with Crippen molar-refractivity contribution >= 4 is 34.7 Å². The Hall–Kier alpha value is -3.98. The molecule has 0 spiro atoms. The van der Waals surface area contributed by atoms with Crippen LogP contribution in [0.15, 0.2) is 61.1 Å². The maximum absolute atomic E-state index is 15.2. The number of carbonyl (C=O) groups excluding carboxylic acids is 2. The Morgan fingerprint density at radius 3 is 2.53 bits per heavy atom. The molecule has 2 aromatic carbocycles. The molecular weight excluding hydrogens is 490 g/mol. The molecule has 1 aliphatic heterocycles. The van der Waals surface area contributed by atoms with Gasteiger partial charge in [-0.2, -0.15) is 0 Å². The number of methoxy groups -OCH3 is 1. The Labute approximate surface area is 210 Å². The van der Waals surface area contributed by atoms with E-state index in [1.165, 1.54) is 24.1 Å². The van der Waals surface area contributed by atoms with Gasteiger partial charge in [-0.1, -0.05) is 11.6 Å². The third-order valence-electron chi connectivity index (χ3n) is 6.26. The third kappa shape index (κ3) is 4.15. The number of rotatable bonds is 5. The van der Waals surface area contributed by atoms with Gasteiger partial charge in [0.2, 0.25) is 5.91 Å². The van der Waals surface area contributed by atoms with E-state index in [0.29, 0.717) is 16.4 Å². The summed E-state index contributed by atoms with van der Waals surface area (Å²) in [5.74, 6) is -3.82. The van der Waals surface area contributed by atoms with Crippen LogP contribution in [-0.4, -0.2) is 40.9 Å². The van der Waals surface area contributed by atoms with Crippen molar-refractivity contribution in [3.05, 3.63) is 94.4 Å². The van der Waals surface area contributed by atoms with Crippen LogP contribution >= 0.6 is 11.6 Å². The Morgan fingerprint density at radius 2 is 1.86 bits per heavy atom. The lowest BCUT2D eigenvalue weighted by Crippen LogP contribution is -2.44. The standard InChI is InChI=1S/C26H21ClF2N4O3/c1-14-9-21(24-30-7-8-32(24)12-14)33-13-18(22-19(28)10-17(36-2)11-20(22)29)23(26(33)35)31-25(34)15-3-5-16(27)6-4-15/h3-12,18,23H,13H2,1-2H3,(H,31,34)/t18-,23-/m0/s1. The summed E-state index contributed by atoms with van der Waals surface area (Å²) in [6, 6.07) is 8.76.